The van der Waals surface area contributed by atoms with Gasteiger partial charge in [-0.15, -0.1) is 0 Å². The van der Waals surface area contributed by atoms with Crippen molar-refractivity contribution in [2.45, 2.75) is 26.7 Å². The summed E-state index contributed by atoms with van der Waals surface area (Å²) >= 11 is 0. The Kier molecular flexibility index (Phi) is 6.51. The topological polar surface area (TPSA) is 43.4 Å². The summed E-state index contributed by atoms with van der Waals surface area (Å²) < 4.78 is 4.47. The summed E-state index contributed by atoms with van der Waals surface area (Å²) in [6, 6.07) is 0. The molecule has 0 atom stereocenters. The van der Waals surface area contributed by atoms with E-state index in [2.05, 4.69) is 4.74 Å². The van der Waals surface area contributed by atoms with E-state index in [1.165, 1.54) is 0 Å². The minimum Gasteiger partial charge on any atom is -0.393 e. The molecule has 0 rings (SSSR count). The van der Waals surface area contributed by atoms with E-state index in [1.807, 2.05) is 0 Å². The van der Waals surface area contributed by atoms with Gasteiger partial charge in [-0.2, -0.15) is 0 Å². The first-order valence-corrected chi connectivity index (χ1v) is 4.16. The Labute approximate surface area is 78.1 Å². The zero-order valence-corrected chi connectivity index (χ0v) is 7.95. The first kappa shape index (κ1) is 11.6. The second-order valence-electron chi connectivity index (χ2n) is 2.39. The zero-order valence-electron chi connectivity index (χ0n) is 7.95. The molecule has 0 saturated carbocycles. The SMILES string of the molecule is CC=CCC(=O)OC(=O)CC=CC. The van der Waals surface area contributed by atoms with Crippen molar-refractivity contribution in [3.8, 4) is 0 Å². The van der Waals surface area contributed by atoms with Crippen molar-refractivity contribution in [3.63, 3.8) is 0 Å². The molecule has 0 aromatic heterocycles. The van der Waals surface area contributed by atoms with Gasteiger partial charge >= 0.3 is 11.9 Å². The van der Waals surface area contributed by atoms with Gasteiger partial charge in [-0.1, -0.05) is 24.3 Å². The van der Waals surface area contributed by atoms with E-state index in [1.54, 1.807) is 38.2 Å². The first-order chi connectivity index (χ1) is 6.20. The third-order valence-corrected chi connectivity index (χ3v) is 1.27. The van der Waals surface area contributed by atoms with Crippen LogP contribution in [0, 0.1) is 0 Å². The van der Waals surface area contributed by atoms with E-state index in [9.17, 15) is 9.59 Å². The Bertz CT molecular complexity index is 202. The van der Waals surface area contributed by atoms with Crippen LogP contribution >= 0.6 is 0 Å². The molecule has 0 spiro atoms. The normalized spacial score (nSPS) is 10.9. The lowest BCUT2D eigenvalue weighted by atomic mass is 10.4. The second kappa shape index (κ2) is 7.28. The largest absolute Gasteiger partial charge is 0.393 e. The summed E-state index contributed by atoms with van der Waals surface area (Å²) in [6.07, 6.45) is 7.06. The molecule has 13 heavy (non-hydrogen) atoms. The molecule has 3 nitrogen and oxygen atoms in total. The molecule has 0 fully saturated rings. The van der Waals surface area contributed by atoms with E-state index in [-0.39, 0.29) is 12.8 Å². The van der Waals surface area contributed by atoms with E-state index < -0.39 is 11.9 Å². The maximum absolute atomic E-state index is 10.9. The van der Waals surface area contributed by atoms with E-state index in [0.29, 0.717) is 0 Å². The number of ether oxygens (including phenoxy) is 1. The summed E-state index contributed by atoms with van der Waals surface area (Å²) in [5.74, 6) is -1.01. The van der Waals surface area contributed by atoms with Crippen LogP contribution in [0.15, 0.2) is 24.3 Å². The maximum atomic E-state index is 10.9. The fraction of sp³-hybridized carbons (Fsp3) is 0.400. The average Bonchev–Trinajstić information content (AvgIpc) is 2.11. The average molecular weight is 182 g/mol. The molecule has 0 N–H and O–H groups in total. The van der Waals surface area contributed by atoms with Gasteiger partial charge in [-0.3, -0.25) is 9.59 Å². The quantitative estimate of drug-likeness (QED) is 0.379. The summed E-state index contributed by atoms with van der Waals surface area (Å²) in [5, 5.41) is 0. The molecule has 0 bridgehead atoms. The van der Waals surface area contributed by atoms with Crippen LogP contribution in [0.3, 0.4) is 0 Å². The third kappa shape index (κ3) is 7.00. The van der Waals surface area contributed by atoms with Gasteiger partial charge in [0.1, 0.15) is 0 Å². The van der Waals surface area contributed by atoms with Gasteiger partial charge in [0.15, 0.2) is 0 Å². The summed E-state index contributed by atoms with van der Waals surface area (Å²) in [7, 11) is 0. The lowest BCUT2D eigenvalue weighted by Gasteiger charge is -1.97. The molecule has 0 aliphatic carbocycles. The van der Waals surface area contributed by atoms with Crippen molar-refractivity contribution in [2.24, 2.45) is 0 Å². The lowest BCUT2D eigenvalue weighted by molar-refractivity contribution is -0.158. The second-order valence-corrected chi connectivity index (χ2v) is 2.39. The highest BCUT2D eigenvalue weighted by atomic mass is 16.6. The van der Waals surface area contributed by atoms with Crippen molar-refractivity contribution in [1.29, 1.82) is 0 Å². The Hall–Kier alpha value is -1.38. The van der Waals surface area contributed by atoms with Crippen molar-refractivity contribution >= 4 is 11.9 Å². The Morgan fingerprint density at radius 3 is 1.69 bits per heavy atom. The predicted molar refractivity (Wildman–Crippen MR) is 50.0 cm³/mol. The molecule has 0 aliphatic heterocycles. The fourth-order valence-electron chi connectivity index (χ4n) is 0.638. The van der Waals surface area contributed by atoms with Gasteiger partial charge in [-0.25, -0.2) is 0 Å². The molecule has 0 radical (unpaired) electrons. The third-order valence-electron chi connectivity index (χ3n) is 1.27. The van der Waals surface area contributed by atoms with Gasteiger partial charge in [0, 0.05) is 0 Å². The van der Waals surface area contributed by atoms with E-state index in [0.717, 1.165) is 0 Å². The number of carbonyl (C=O) groups is 2. The molecule has 3 heteroatoms. The molecular formula is C10H14O3. The highest BCUT2D eigenvalue weighted by Crippen LogP contribution is 1.93. The molecule has 72 valence electrons. The fourth-order valence-corrected chi connectivity index (χ4v) is 0.638. The summed E-state index contributed by atoms with van der Waals surface area (Å²) in [6.45, 7) is 3.60. The smallest absolute Gasteiger partial charge is 0.317 e. The van der Waals surface area contributed by atoms with Crippen LogP contribution in [-0.4, -0.2) is 11.9 Å². The summed E-state index contributed by atoms with van der Waals surface area (Å²) in [5.41, 5.74) is 0. The molecule has 0 unspecified atom stereocenters. The first-order valence-electron chi connectivity index (χ1n) is 4.16. The number of allylic oxidation sites excluding steroid dienone is 2. The minimum atomic E-state index is -0.507. The van der Waals surface area contributed by atoms with E-state index in [4.69, 9.17) is 0 Å². The number of esters is 2. The summed E-state index contributed by atoms with van der Waals surface area (Å²) in [4.78, 5) is 21.7. The van der Waals surface area contributed by atoms with E-state index >= 15 is 0 Å². The number of rotatable bonds is 4. The maximum Gasteiger partial charge on any atom is 0.317 e. The Balaban J connectivity index is 3.71. The van der Waals surface area contributed by atoms with Crippen LogP contribution in [0.2, 0.25) is 0 Å². The molecule has 0 heterocycles. The Morgan fingerprint density at radius 2 is 1.38 bits per heavy atom. The van der Waals surface area contributed by atoms with Crippen LogP contribution in [-0.2, 0) is 14.3 Å². The van der Waals surface area contributed by atoms with Crippen LogP contribution in [0.4, 0.5) is 0 Å². The Morgan fingerprint density at radius 1 is 1.00 bits per heavy atom. The highest BCUT2D eigenvalue weighted by molar-refractivity contribution is 5.86. The van der Waals surface area contributed by atoms with Crippen LogP contribution in [0.25, 0.3) is 0 Å². The van der Waals surface area contributed by atoms with Crippen LogP contribution in [0.1, 0.15) is 26.7 Å². The minimum absolute atomic E-state index is 0.151. The molecular weight excluding hydrogens is 168 g/mol. The highest BCUT2D eigenvalue weighted by Gasteiger charge is 2.05. The standard InChI is InChI=1S/C10H14O3/c1-3-5-7-9(11)13-10(12)8-6-4-2/h3-6H,7-8H2,1-2H3. The molecule has 0 amide bonds. The number of hydrogen-bond acceptors (Lipinski definition) is 3. The van der Waals surface area contributed by atoms with Gasteiger partial charge in [0.05, 0.1) is 12.8 Å². The molecule has 0 saturated heterocycles. The van der Waals surface area contributed by atoms with Gasteiger partial charge in [0.2, 0.25) is 0 Å². The molecule has 0 aromatic rings. The lowest BCUT2D eigenvalue weighted by Crippen LogP contribution is -2.10. The molecule has 0 aromatic carbocycles. The van der Waals surface area contributed by atoms with Crippen molar-refractivity contribution in [1.82, 2.24) is 0 Å². The van der Waals surface area contributed by atoms with Crippen LogP contribution in [0.5, 0.6) is 0 Å². The van der Waals surface area contributed by atoms with Crippen molar-refractivity contribution in [2.75, 3.05) is 0 Å². The zero-order chi connectivity index (χ0) is 10.1. The molecule has 0 aliphatic rings. The van der Waals surface area contributed by atoms with Gasteiger partial charge < -0.3 is 4.74 Å². The number of hydrogen-bond donors (Lipinski definition) is 0. The number of carbonyl (C=O) groups excluding carboxylic acids is 2. The monoisotopic (exact) mass is 182 g/mol. The van der Waals surface area contributed by atoms with Gasteiger partial charge in [-0.05, 0) is 13.8 Å². The predicted octanol–water partition coefficient (Wildman–Crippen LogP) is 1.99. The van der Waals surface area contributed by atoms with Crippen LogP contribution < -0.4 is 0 Å². The van der Waals surface area contributed by atoms with Crippen molar-refractivity contribution in [3.05, 3.63) is 24.3 Å². The van der Waals surface area contributed by atoms with Crippen molar-refractivity contribution < 1.29 is 14.3 Å². The van der Waals surface area contributed by atoms with Gasteiger partial charge in [0.25, 0.3) is 0 Å².